The smallest absolute Gasteiger partial charge is 0.318 e. The zero-order valence-electron chi connectivity index (χ0n) is 10.1. The summed E-state index contributed by atoms with van der Waals surface area (Å²) in [6, 6.07) is 8.43. The van der Waals surface area contributed by atoms with Gasteiger partial charge in [0.1, 0.15) is 12.4 Å². The van der Waals surface area contributed by atoms with E-state index in [0.717, 1.165) is 23.9 Å². The Balaban J connectivity index is 1.79. The number of benzene rings is 1. The third kappa shape index (κ3) is 2.22. The van der Waals surface area contributed by atoms with Crippen LogP contribution in [0.3, 0.4) is 0 Å². The van der Waals surface area contributed by atoms with Gasteiger partial charge in [0.25, 0.3) is 0 Å². The molecule has 0 amide bonds. The Kier molecular flexibility index (Phi) is 2.98. The van der Waals surface area contributed by atoms with Gasteiger partial charge in [-0.3, -0.25) is 0 Å². The van der Waals surface area contributed by atoms with Gasteiger partial charge in [-0.25, -0.2) is 0 Å². The first kappa shape index (κ1) is 11.2. The number of nitrogens with two attached hydrogens (primary N) is 1. The second kappa shape index (κ2) is 4.78. The fourth-order valence-electron chi connectivity index (χ4n) is 2.22. The highest BCUT2D eigenvalue weighted by atomic mass is 16.5. The number of nitrogen functional groups attached to an aromatic ring is 1. The molecule has 1 atom stereocenters. The van der Waals surface area contributed by atoms with Gasteiger partial charge in [-0.2, -0.15) is 9.97 Å². The highest BCUT2D eigenvalue weighted by Crippen LogP contribution is 2.20. The molecule has 1 fully saturated rings. The van der Waals surface area contributed by atoms with Crippen LogP contribution in [0.4, 0.5) is 5.82 Å². The van der Waals surface area contributed by atoms with Crippen LogP contribution in [0.15, 0.2) is 24.3 Å². The van der Waals surface area contributed by atoms with Crippen LogP contribution >= 0.6 is 0 Å². The molecule has 1 aliphatic heterocycles. The second-order valence-electron chi connectivity index (χ2n) is 4.51. The molecule has 0 radical (unpaired) electrons. The average Bonchev–Trinajstić information content (AvgIpc) is 2.90. The molecule has 0 aliphatic carbocycles. The predicted octanol–water partition coefficient (Wildman–Crippen LogP) is 1.34. The van der Waals surface area contributed by atoms with E-state index in [4.69, 9.17) is 10.5 Å². The summed E-state index contributed by atoms with van der Waals surface area (Å²) in [5.41, 5.74) is 6.71. The van der Waals surface area contributed by atoms with Gasteiger partial charge < -0.3 is 15.8 Å². The lowest BCUT2D eigenvalue weighted by Gasteiger charge is -2.11. The molecule has 0 unspecified atom stereocenters. The van der Waals surface area contributed by atoms with E-state index in [9.17, 15) is 0 Å². The van der Waals surface area contributed by atoms with Crippen molar-refractivity contribution in [1.82, 2.24) is 15.3 Å². The number of hydrogen-bond donors (Lipinski definition) is 2. The molecule has 1 saturated heterocycles. The molecule has 2 aromatic rings. The van der Waals surface area contributed by atoms with Gasteiger partial charge in [-0.15, -0.1) is 0 Å². The average molecular weight is 244 g/mol. The number of ether oxygens (including phenoxy) is 1. The maximum atomic E-state index is 5.89. The number of nitrogens with one attached hydrogen (secondary N) is 1. The van der Waals surface area contributed by atoms with Gasteiger partial charge in [-0.05, 0) is 31.5 Å². The number of aromatic nitrogens is 2. The molecule has 2 heterocycles. The van der Waals surface area contributed by atoms with Crippen molar-refractivity contribution in [2.45, 2.75) is 18.9 Å². The summed E-state index contributed by atoms with van der Waals surface area (Å²) in [5, 5.41) is 4.23. The number of anilines is 1. The SMILES string of the molecule is Nc1nc(OC[C@H]2CCCN2)nc2ccccc12. The van der Waals surface area contributed by atoms with Crippen LogP contribution in [-0.4, -0.2) is 29.2 Å². The maximum absolute atomic E-state index is 5.89. The zero-order valence-corrected chi connectivity index (χ0v) is 10.1. The van der Waals surface area contributed by atoms with E-state index in [0.29, 0.717) is 24.5 Å². The van der Waals surface area contributed by atoms with Crippen molar-refractivity contribution in [1.29, 1.82) is 0 Å². The maximum Gasteiger partial charge on any atom is 0.318 e. The Labute approximate surface area is 105 Å². The number of fused-ring (bicyclic) bond motifs is 1. The zero-order chi connectivity index (χ0) is 12.4. The quantitative estimate of drug-likeness (QED) is 0.852. The lowest BCUT2D eigenvalue weighted by molar-refractivity contribution is 0.258. The lowest BCUT2D eigenvalue weighted by Crippen LogP contribution is -2.28. The van der Waals surface area contributed by atoms with Crippen LogP contribution < -0.4 is 15.8 Å². The van der Waals surface area contributed by atoms with Crippen molar-refractivity contribution in [2.24, 2.45) is 0 Å². The van der Waals surface area contributed by atoms with Gasteiger partial charge in [0.15, 0.2) is 0 Å². The largest absolute Gasteiger partial charge is 0.462 e. The molecule has 1 aromatic carbocycles. The number of para-hydroxylation sites is 1. The Morgan fingerprint density at radius 1 is 1.33 bits per heavy atom. The van der Waals surface area contributed by atoms with Crippen molar-refractivity contribution >= 4 is 16.7 Å². The molecule has 5 heteroatoms. The van der Waals surface area contributed by atoms with Crippen molar-refractivity contribution < 1.29 is 4.74 Å². The monoisotopic (exact) mass is 244 g/mol. The van der Waals surface area contributed by atoms with E-state index >= 15 is 0 Å². The molecule has 1 aliphatic rings. The number of rotatable bonds is 3. The van der Waals surface area contributed by atoms with Crippen LogP contribution in [0.25, 0.3) is 10.9 Å². The van der Waals surface area contributed by atoms with Crippen LogP contribution in [-0.2, 0) is 0 Å². The van der Waals surface area contributed by atoms with Crippen molar-refractivity contribution in [2.75, 3.05) is 18.9 Å². The summed E-state index contributed by atoms with van der Waals surface area (Å²) >= 11 is 0. The summed E-state index contributed by atoms with van der Waals surface area (Å²) in [6.07, 6.45) is 2.35. The van der Waals surface area contributed by atoms with Gasteiger partial charge in [0.05, 0.1) is 5.52 Å². The van der Waals surface area contributed by atoms with Crippen LogP contribution in [0.5, 0.6) is 6.01 Å². The molecule has 0 spiro atoms. The van der Waals surface area contributed by atoms with Crippen molar-refractivity contribution in [3.8, 4) is 6.01 Å². The van der Waals surface area contributed by atoms with E-state index < -0.39 is 0 Å². The van der Waals surface area contributed by atoms with E-state index in [1.165, 1.54) is 6.42 Å². The summed E-state index contributed by atoms with van der Waals surface area (Å²) in [6.45, 7) is 1.66. The minimum atomic E-state index is 0.361. The topological polar surface area (TPSA) is 73.1 Å². The second-order valence-corrected chi connectivity index (χ2v) is 4.51. The molecule has 1 aromatic heterocycles. The normalized spacial score (nSPS) is 19.2. The van der Waals surface area contributed by atoms with E-state index in [1.54, 1.807) is 0 Å². The first-order valence-electron chi connectivity index (χ1n) is 6.21. The van der Waals surface area contributed by atoms with E-state index in [-0.39, 0.29) is 0 Å². The molecule has 3 rings (SSSR count). The number of nitrogens with zero attached hydrogens (tertiary/aromatic N) is 2. The minimum Gasteiger partial charge on any atom is -0.462 e. The van der Waals surface area contributed by atoms with Crippen LogP contribution in [0.2, 0.25) is 0 Å². The summed E-state index contributed by atoms with van der Waals surface area (Å²) in [5.74, 6) is 0.468. The third-order valence-electron chi connectivity index (χ3n) is 3.19. The molecule has 5 nitrogen and oxygen atoms in total. The van der Waals surface area contributed by atoms with Crippen LogP contribution in [0, 0.1) is 0 Å². The fourth-order valence-corrected chi connectivity index (χ4v) is 2.22. The molecule has 0 bridgehead atoms. The first-order valence-corrected chi connectivity index (χ1v) is 6.21. The van der Waals surface area contributed by atoms with E-state index in [2.05, 4.69) is 15.3 Å². The fraction of sp³-hybridized carbons (Fsp3) is 0.385. The van der Waals surface area contributed by atoms with Gasteiger partial charge in [0, 0.05) is 11.4 Å². The third-order valence-corrected chi connectivity index (χ3v) is 3.19. The molecule has 0 saturated carbocycles. The summed E-state index contributed by atoms with van der Waals surface area (Å²) in [7, 11) is 0. The Morgan fingerprint density at radius 2 is 2.22 bits per heavy atom. The predicted molar refractivity (Wildman–Crippen MR) is 70.5 cm³/mol. The minimum absolute atomic E-state index is 0.361. The van der Waals surface area contributed by atoms with Crippen molar-refractivity contribution in [3.05, 3.63) is 24.3 Å². The van der Waals surface area contributed by atoms with Gasteiger partial charge in [0.2, 0.25) is 0 Å². The highest BCUT2D eigenvalue weighted by Gasteiger charge is 2.15. The molecule has 18 heavy (non-hydrogen) atoms. The number of hydrogen-bond acceptors (Lipinski definition) is 5. The standard InChI is InChI=1S/C13H16N4O/c14-12-10-5-1-2-6-11(10)16-13(17-12)18-8-9-4-3-7-15-9/h1-2,5-6,9,15H,3-4,7-8H2,(H2,14,16,17)/t9-/m1/s1. The first-order chi connectivity index (χ1) is 8.83. The van der Waals surface area contributed by atoms with Gasteiger partial charge in [-0.1, -0.05) is 12.1 Å². The molecule has 3 N–H and O–H groups in total. The lowest BCUT2D eigenvalue weighted by atomic mass is 10.2. The highest BCUT2D eigenvalue weighted by molar-refractivity contribution is 5.88. The summed E-state index contributed by atoms with van der Waals surface area (Å²) in [4.78, 5) is 8.53. The Hall–Kier alpha value is -1.88. The van der Waals surface area contributed by atoms with Gasteiger partial charge >= 0.3 is 6.01 Å². The van der Waals surface area contributed by atoms with Crippen molar-refractivity contribution in [3.63, 3.8) is 0 Å². The van der Waals surface area contributed by atoms with E-state index in [1.807, 2.05) is 24.3 Å². The Bertz CT molecular complexity index is 552. The molecule has 94 valence electrons. The van der Waals surface area contributed by atoms with Crippen LogP contribution in [0.1, 0.15) is 12.8 Å². The molecular weight excluding hydrogens is 228 g/mol. The summed E-state index contributed by atoms with van der Waals surface area (Å²) < 4.78 is 5.61. The molecular formula is C13H16N4O. The Morgan fingerprint density at radius 3 is 3.06 bits per heavy atom.